The molecular weight excluding hydrogens is 312 g/mol. The lowest BCUT2D eigenvalue weighted by Gasteiger charge is -2.07. The van der Waals surface area contributed by atoms with Crippen LogP contribution in [0.2, 0.25) is 0 Å². The highest BCUT2D eigenvalue weighted by Crippen LogP contribution is 2.03. The van der Waals surface area contributed by atoms with E-state index in [-0.39, 0.29) is 22.5 Å². The van der Waals surface area contributed by atoms with E-state index >= 15 is 0 Å². The maximum atomic E-state index is 11.6. The van der Waals surface area contributed by atoms with Gasteiger partial charge in [-0.2, -0.15) is 0 Å². The second kappa shape index (κ2) is 7.76. The lowest BCUT2D eigenvalue weighted by atomic mass is 10.2. The summed E-state index contributed by atoms with van der Waals surface area (Å²) in [5.74, 6) is 0. The highest BCUT2D eigenvalue weighted by Gasteiger charge is 2.02. The Kier molecular flexibility index (Phi) is 5.73. The van der Waals surface area contributed by atoms with Gasteiger partial charge in [0.1, 0.15) is 0 Å². The summed E-state index contributed by atoms with van der Waals surface area (Å²) in [7, 11) is 0. The quantitative estimate of drug-likeness (QED) is 0.708. The van der Waals surface area contributed by atoms with Crippen molar-refractivity contribution in [1.82, 2.24) is 19.1 Å². The summed E-state index contributed by atoms with van der Waals surface area (Å²) in [4.78, 5) is 50.4. The number of hydrogen-bond donors (Lipinski definition) is 2. The van der Waals surface area contributed by atoms with Crippen LogP contribution < -0.4 is 22.5 Å². The minimum atomic E-state index is -0.388. The van der Waals surface area contributed by atoms with E-state index in [2.05, 4.69) is 9.97 Å². The summed E-state index contributed by atoms with van der Waals surface area (Å²) in [5.41, 5.74) is -0.442. The van der Waals surface area contributed by atoms with E-state index in [1.54, 1.807) is 26.2 Å². The van der Waals surface area contributed by atoms with Gasteiger partial charge in [-0.15, -0.1) is 0 Å². The number of nitrogens with zero attached hydrogens (tertiary/aromatic N) is 2. The number of aromatic amines is 2. The third-order valence-corrected chi connectivity index (χ3v) is 3.93. The van der Waals surface area contributed by atoms with Crippen molar-refractivity contribution in [3.8, 4) is 0 Å². The molecule has 0 unspecified atom stereocenters. The molecule has 0 amide bonds. The molecule has 0 aliphatic rings. The lowest BCUT2D eigenvalue weighted by Crippen LogP contribution is -2.31. The van der Waals surface area contributed by atoms with Crippen molar-refractivity contribution in [2.75, 3.05) is 0 Å². The topological polar surface area (TPSA) is 110 Å². The molecule has 0 bridgehead atoms. The van der Waals surface area contributed by atoms with Crippen LogP contribution in [0.5, 0.6) is 0 Å². The van der Waals surface area contributed by atoms with E-state index in [9.17, 15) is 19.2 Å². The van der Waals surface area contributed by atoms with Gasteiger partial charge in [0.05, 0.1) is 0 Å². The van der Waals surface area contributed by atoms with Crippen molar-refractivity contribution < 1.29 is 0 Å². The molecule has 0 aromatic carbocycles. The van der Waals surface area contributed by atoms with Crippen molar-refractivity contribution in [1.29, 1.82) is 0 Å². The van der Waals surface area contributed by atoms with Crippen molar-refractivity contribution in [3.05, 3.63) is 65.2 Å². The summed E-state index contributed by atoms with van der Waals surface area (Å²) >= 11 is 0. The summed E-state index contributed by atoms with van der Waals surface area (Å²) < 4.78 is 3.01. The van der Waals surface area contributed by atoms with E-state index in [4.69, 9.17) is 0 Å². The average molecular weight is 334 g/mol. The summed E-state index contributed by atoms with van der Waals surface area (Å²) in [6, 6.07) is 0. The number of aromatic nitrogens is 4. The van der Waals surface area contributed by atoms with Crippen LogP contribution in [0, 0.1) is 13.8 Å². The minimum Gasteiger partial charge on any atom is -0.300 e. The first-order valence-electron chi connectivity index (χ1n) is 7.99. The number of rotatable bonds is 7. The zero-order valence-corrected chi connectivity index (χ0v) is 13.9. The fourth-order valence-corrected chi connectivity index (χ4v) is 2.49. The zero-order chi connectivity index (χ0) is 17.7. The fraction of sp³-hybridized carbons (Fsp3) is 0.500. The van der Waals surface area contributed by atoms with Crippen molar-refractivity contribution in [2.24, 2.45) is 0 Å². The molecule has 2 aromatic rings. The van der Waals surface area contributed by atoms with Crippen LogP contribution >= 0.6 is 0 Å². The number of hydrogen-bond acceptors (Lipinski definition) is 4. The maximum absolute atomic E-state index is 11.6. The molecule has 2 heterocycles. The normalized spacial score (nSPS) is 10.9. The number of nitrogens with one attached hydrogen (secondary N) is 2. The molecule has 2 rings (SSSR count). The first-order valence-corrected chi connectivity index (χ1v) is 7.99. The third kappa shape index (κ3) is 4.43. The van der Waals surface area contributed by atoms with Gasteiger partial charge < -0.3 is 9.13 Å². The minimum absolute atomic E-state index is 0.349. The molecule has 0 fully saturated rings. The molecule has 130 valence electrons. The summed E-state index contributed by atoms with van der Waals surface area (Å²) in [6.07, 6.45) is 6.58. The van der Waals surface area contributed by atoms with Crippen LogP contribution in [0.3, 0.4) is 0 Å². The van der Waals surface area contributed by atoms with Gasteiger partial charge in [-0.3, -0.25) is 19.6 Å². The van der Waals surface area contributed by atoms with E-state index in [1.807, 2.05) is 0 Å². The monoisotopic (exact) mass is 334 g/mol. The molecule has 0 aliphatic carbocycles. The predicted molar refractivity (Wildman–Crippen MR) is 90.6 cm³/mol. The van der Waals surface area contributed by atoms with E-state index in [1.165, 1.54) is 9.13 Å². The van der Waals surface area contributed by atoms with Crippen LogP contribution in [-0.4, -0.2) is 19.1 Å². The molecule has 2 N–H and O–H groups in total. The molecule has 0 saturated heterocycles. The molecule has 8 heteroatoms. The second-order valence-corrected chi connectivity index (χ2v) is 5.94. The largest absolute Gasteiger partial charge is 0.328 e. The van der Waals surface area contributed by atoms with Crippen LogP contribution in [-0.2, 0) is 13.1 Å². The Morgan fingerprint density at radius 1 is 0.708 bits per heavy atom. The highest BCUT2D eigenvalue weighted by atomic mass is 16.2. The molecule has 0 spiro atoms. The van der Waals surface area contributed by atoms with Gasteiger partial charge in [-0.05, 0) is 26.7 Å². The standard InChI is InChI=1S/C16H22N4O4/c1-11-9-19(15(23)17-13(11)21)7-5-3-4-6-8-20-10-12(2)14(22)18-16(20)24/h9-10H,3-8H2,1-2H3,(H,17,21,23)(H,18,22,24). The Balaban J connectivity index is 1.78. The molecule has 0 aliphatic heterocycles. The van der Waals surface area contributed by atoms with Gasteiger partial charge in [0.2, 0.25) is 0 Å². The lowest BCUT2D eigenvalue weighted by molar-refractivity contribution is 0.518. The number of aryl methyl sites for hydroxylation is 4. The van der Waals surface area contributed by atoms with Gasteiger partial charge in [0, 0.05) is 36.6 Å². The summed E-state index contributed by atoms with van der Waals surface area (Å²) in [5, 5.41) is 0. The van der Waals surface area contributed by atoms with Crippen molar-refractivity contribution in [2.45, 2.75) is 52.6 Å². The van der Waals surface area contributed by atoms with Gasteiger partial charge in [-0.1, -0.05) is 12.8 Å². The molecule has 0 radical (unpaired) electrons. The van der Waals surface area contributed by atoms with Crippen LogP contribution in [0.4, 0.5) is 0 Å². The van der Waals surface area contributed by atoms with E-state index in [0.29, 0.717) is 24.2 Å². The molecule has 24 heavy (non-hydrogen) atoms. The smallest absolute Gasteiger partial charge is 0.300 e. The maximum Gasteiger partial charge on any atom is 0.328 e. The van der Waals surface area contributed by atoms with Crippen LogP contribution in [0.25, 0.3) is 0 Å². The van der Waals surface area contributed by atoms with Crippen LogP contribution in [0.15, 0.2) is 31.6 Å². The first kappa shape index (κ1) is 17.7. The Labute approximate surface area is 137 Å². The van der Waals surface area contributed by atoms with Crippen LogP contribution in [0.1, 0.15) is 36.8 Å². The second-order valence-electron chi connectivity index (χ2n) is 5.94. The zero-order valence-electron chi connectivity index (χ0n) is 13.9. The first-order chi connectivity index (χ1) is 11.4. The Bertz CT molecular complexity index is 855. The molecular formula is C16H22N4O4. The number of H-pyrrole nitrogens is 2. The Morgan fingerprint density at radius 2 is 1.08 bits per heavy atom. The van der Waals surface area contributed by atoms with Crippen molar-refractivity contribution >= 4 is 0 Å². The SMILES string of the molecule is Cc1cn(CCCCCCn2cc(C)c(=O)[nH]c2=O)c(=O)[nH]c1=O. The fourth-order valence-electron chi connectivity index (χ4n) is 2.49. The van der Waals surface area contributed by atoms with E-state index < -0.39 is 0 Å². The average Bonchev–Trinajstić information content (AvgIpc) is 2.52. The summed E-state index contributed by atoms with van der Waals surface area (Å²) in [6.45, 7) is 4.43. The molecule has 2 aromatic heterocycles. The Hall–Kier alpha value is -2.64. The highest BCUT2D eigenvalue weighted by molar-refractivity contribution is 5.01. The molecule has 0 saturated carbocycles. The van der Waals surface area contributed by atoms with Crippen molar-refractivity contribution in [3.63, 3.8) is 0 Å². The molecule has 8 nitrogen and oxygen atoms in total. The predicted octanol–water partition coefficient (Wildman–Crippen LogP) is 0.264. The third-order valence-electron chi connectivity index (χ3n) is 3.93. The Morgan fingerprint density at radius 3 is 1.46 bits per heavy atom. The van der Waals surface area contributed by atoms with E-state index in [0.717, 1.165) is 25.7 Å². The molecule has 0 atom stereocenters. The van der Waals surface area contributed by atoms with Gasteiger partial charge in [0.15, 0.2) is 0 Å². The van der Waals surface area contributed by atoms with Gasteiger partial charge in [0.25, 0.3) is 11.1 Å². The number of unbranched alkanes of at least 4 members (excludes halogenated alkanes) is 3. The van der Waals surface area contributed by atoms with Gasteiger partial charge >= 0.3 is 11.4 Å². The van der Waals surface area contributed by atoms with Gasteiger partial charge in [-0.25, -0.2) is 9.59 Å².